The molecule has 2 heterocycles. The lowest BCUT2D eigenvalue weighted by molar-refractivity contribution is 0.0707. The summed E-state index contributed by atoms with van der Waals surface area (Å²) in [6, 6.07) is 5.06. The summed E-state index contributed by atoms with van der Waals surface area (Å²) in [7, 11) is 0. The molecule has 1 aromatic rings. The molecular weight excluding hydrogens is 320 g/mol. The normalized spacial score (nSPS) is 24.0. The molecule has 1 aliphatic rings. The highest BCUT2D eigenvalue weighted by molar-refractivity contribution is 9.11. The van der Waals surface area contributed by atoms with E-state index in [1.165, 1.54) is 15.2 Å². The molecule has 2 nitrogen and oxygen atoms in total. The molecule has 0 bridgehead atoms. The minimum atomic E-state index is 0.238. The second-order valence-electron chi connectivity index (χ2n) is 6.50. The summed E-state index contributed by atoms with van der Waals surface area (Å²) in [5, 5.41) is 3.68. The number of thiophene rings is 1. The minimum Gasteiger partial charge on any atom is -0.309 e. The van der Waals surface area contributed by atoms with Gasteiger partial charge in [-0.2, -0.15) is 0 Å². The van der Waals surface area contributed by atoms with Gasteiger partial charge in [0.2, 0.25) is 0 Å². The topological polar surface area (TPSA) is 15.3 Å². The summed E-state index contributed by atoms with van der Waals surface area (Å²) in [6.45, 7) is 12.7. The molecule has 2 rings (SSSR count). The van der Waals surface area contributed by atoms with E-state index >= 15 is 0 Å². The fraction of sp³-hybridized carbons (Fsp3) is 0.733. The van der Waals surface area contributed by atoms with Crippen LogP contribution < -0.4 is 5.32 Å². The quantitative estimate of drug-likeness (QED) is 0.894. The predicted molar refractivity (Wildman–Crippen MR) is 88.0 cm³/mol. The van der Waals surface area contributed by atoms with Gasteiger partial charge in [-0.1, -0.05) is 13.8 Å². The van der Waals surface area contributed by atoms with Crippen molar-refractivity contribution in [3.8, 4) is 0 Å². The Hall–Kier alpha value is 0.1000. The van der Waals surface area contributed by atoms with Gasteiger partial charge >= 0.3 is 0 Å². The molecule has 0 aliphatic carbocycles. The van der Waals surface area contributed by atoms with E-state index in [0.717, 1.165) is 19.5 Å². The van der Waals surface area contributed by atoms with E-state index in [0.29, 0.717) is 12.0 Å². The Morgan fingerprint density at radius 1 is 1.47 bits per heavy atom. The molecule has 0 saturated carbocycles. The number of halogens is 1. The van der Waals surface area contributed by atoms with Gasteiger partial charge in [0.15, 0.2) is 0 Å². The molecule has 0 radical (unpaired) electrons. The Labute approximate surface area is 129 Å². The summed E-state index contributed by atoms with van der Waals surface area (Å²) in [5.74, 6) is 0.707. The average Bonchev–Trinajstić information content (AvgIpc) is 2.71. The predicted octanol–water partition coefficient (Wildman–Crippen LogP) is 3.76. The van der Waals surface area contributed by atoms with Crippen molar-refractivity contribution in [3.05, 3.63) is 20.8 Å². The number of rotatable bonds is 4. The third-order valence-electron chi connectivity index (χ3n) is 3.90. The van der Waals surface area contributed by atoms with Crippen molar-refractivity contribution >= 4 is 27.3 Å². The van der Waals surface area contributed by atoms with Gasteiger partial charge in [-0.05, 0) is 54.2 Å². The Kier molecular flexibility index (Phi) is 5.09. The van der Waals surface area contributed by atoms with Gasteiger partial charge in [-0.15, -0.1) is 11.3 Å². The van der Waals surface area contributed by atoms with E-state index in [1.807, 2.05) is 11.3 Å². The molecular formula is C15H25BrN2S. The van der Waals surface area contributed by atoms with Crippen molar-refractivity contribution < 1.29 is 0 Å². The zero-order chi connectivity index (χ0) is 14.0. The molecule has 1 saturated heterocycles. The highest BCUT2D eigenvalue weighted by Crippen LogP contribution is 2.24. The lowest BCUT2D eigenvalue weighted by Crippen LogP contribution is -2.63. The third-order valence-corrected chi connectivity index (χ3v) is 5.58. The van der Waals surface area contributed by atoms with Gasteiger partial charge in [0, 0.05) is 36.1 Å². The van der Waals surface area contributed by atoms with Crippen LogP contribution in [0, 0.1) is 5.92 Å². The van der Waals surface area contributed by atoms with E-state index in [4.69, 9.17) is 0 Å². The van der Waals surface area contributed by atoms with Crippen LogP contribution in [0.2, 0.25) is 0 Å². The fourth-order valence-electron chi connectivity index (χ4n) is 2.83. The Bertz CT molecular complexity index is 414. The second-order valence-corrected chi connectivity index (χ2v) is 9.05. The molecule has 1 atom stereocenters. The fourth-order valence-corrected chi connectivity index (χ4v) is 4.30. The average molecular weight is 345 g/mol. The van der Waals surface area contributed by atoms with Crippen LogP contribution in [0.4, 0.5) is 0 Å². The number of nitrogens with zero attached hydrogens (tertiary/aromatic N) is 1. The van der Waals surface area contributed by atoms with Crippen LogP contribution in [0.1, 0.15) is 32.6 Å². The van der Waals surface area contributed by atoms with Gasteiger partial charge < -0.3 is 5.32 Å². The van der Waals surface area contributed by atoms with Crippen molar-refractivity contribution in [2.75, 3.05) is 19.6 Å². The van der Waals surface area contributed by atoms with Gasteiger partial charge in [-0.3, -0.25) is 4.90 Å². The number of hydrogen-bond donors (Lipinski definition) is 1. The smallest absolute Gasteiger partial charge is 0.0701 e. The Balaban J connectivity index is 1.97. The van der Waals surface area contributed by atoms with Crippen molar-refractivity contribution in [2.24, 2.45) is 5.92 Å². The molecule has 1 aromatic heterocycles. The lowest BCUT2D eigenvalue weighted by atomic mass is 9.93. The van der Waals surface area contributed by atoms with E-state index in [1.54, 1.807) is 0 Å². The van der Waals surface area contributed by atoms with Gasteiger partial charge in [0.1, 0.15) is 0 Å². The van der Waals surface area contributed by atoms with Gasteiger partial charge in [-0.25, -0.2) is 0 Å². The van der Waals surface area contributed by atoms with Gasteiger partial charge in [0.05, 0.1) is 3.79 Å². The molecule has 1 N–H and O–H groups in total. The van der Waals surface area contributed by atoms with Crippen molar-refractivity contribution in [1.29, 1.82) is 0 Å². The van der Waals surface area contributed by atoms with Crippen molar-refractivity contribution in [2.45, 2.75) is 45.7 Å². The van der Waals surface area contributed by atoms with Crippen molar-refractivity contribution in [1.82, 2.24) is 10.2 Å². The standard InChI is InChI=1S/C15H25BrN2S/c1-11(2)13-9-17-15(3,4)10-18(13)8-7-12-5-6-14(16)19-12/h5-6,11,13,17H,7-10H2,1-4H3. The zero-order valence-electron chi connectivity index (χ0n) is 12.4. The molecule has 1 fully saturated rings. The SMILES string of the molecule is CC(C)C1CNC(C)(C)CN1CCc1ccc(Br)s1. The van der Waals surface area contributed by atoms with Gasteiger partial charge in [0.25, 0.3) is 0 Å². The molecule has 0 spiro atoms. The van der Waals surface area contributed by atoms with Crippen LogP contribution in [0.3, 0.4) is 0 Å². The summed E-state index contributed by atoms with van der Waals surface area (Å²) >= 11 is 5.41. The third kappa shape index (κ3) is 4.28. The van der Waals surface area contributed by atoms with Crippen LogP contribution >= 0.6 is 27.3 Å². The summed E-state index contributed by atoms with van der Waals surface area (Å²) in [6.07, 6.45) is 1.16. The lowest BCUT2D eigenvalue weighted by Gasteiger charge is -2.46. The highest BCUT2D eigenvalue weighted by atomic mass is 79.9. The molecule has 1 aliphatic heterocycles. The molecule has 0 amide bonds. The minimum absolute atomic E-state index is 0.238. The molecule has 1 unspecified atom stereocenters. The number of piperazine rings is 1. The van der Waals surface area contributed by atoms with E-state index < -0.39 is 0 Å². The van der Waals surface area contributed by atoms with Crippen LogP contribution in [0.15, 0.2) is 15.9 Å². The molecule has 19 heavy (non-hydrogen) atoms. The van der Waals surface area contributed by atoms with Crippen LogP contribution in [0.5, 0.6) is 0 Å². The van der Waals surface area contributed by atoms with Crippen LogP contribution in [0.25, 0.3) is 0 Å². The maximum atomic E-state index is 3.68. The maximum absolute atomic E-state index is 3.68. The largest absolute Gasteiger partial charge is 0.309 e. The van der Waals surface area contributed by atoms with E-state index in [-0.39, 0.29) is 5.54 Å². The number of hydrogen-bond acceptors (Lipinski definition) is 3. The first-order chi connectivity index (χ1) is 8.87. The second kappa shape index (κ2) is 6.25. The Morgan fingerprint density at radius 2 is 2.21 bits per heavy atom. The first kappa shape index (κ1) is 15.5. The first-order valence-corrected chi connectivity index (χ1v) is 8.72. The monoisotopic (exact) mass is 344 g/mol. The van der Waals surface area contributed by atoms with Crippen LogP contribution in [-0.4, -0.2) is 36.1 Å². The Morgan fingerprint density at radius 3 is 2.79 bits per heavy atom. The first-order valence-electron chi connectivity index (χ1n) is 7.11. The zero-order valence-corrected chi connectivity index (χ0v) is 14.8. The van der Waals surface area contributed by atoms with E-state index in [9.17, 15) is 0 Å². The molecule has 0 aromatic carbocycles. The summed E-state index contributed by atoms with van der Waals surface area (Å²) < 4.78 is 1.24. The highest BCUT2D eigenvalue weighted by Gasteiger charge is 2.33. The number of nitrogens with one attached hydrogen (secondary N) is 1. The molecule has 108 valence electrons. The summed E-state index contributed by atoms with van der Waals surface area (Å²) in [4.78, 5) is 4.15. The van der Waals surface area contributed by atoms with Crippen molar-refractivity contribution in [3.63, 3.8) is 0 Å². The van der Waals surface area contributed by atoms with E-state index in [2.05, 4.69) is 66.0 Å². The van der Waals surface area contributed by atoms with Crippen LogP contribution in [-0.2, 0) is 6.42 Å². The maximum Gasteiger partial charge on any atom is 0.0701 e. The molecule has 4 heteroatoms. The summed E-state index contributed by atoms with van der Waals surface area (Å²) in [5.41, 5.74) is 0.238.